The minimum atomic E-state index is -4.37. The fourth-order valence-corrected chi connectivity index (χ4v) is 3.81. The third-order valence-corrected chi connectivity index (χ3v) is 5.34. The Morgan fingerprint density at radius 1 is 1.23 bits per heavy atom. The monoisotopic (exact) mass is 443 g/mol. The van der Waals surface area contributed by atoms with Crippen LogP contribution in [0.2, 0.25) is 5.02 Å². The number of aromatic nitrogens is 1. The average Bonchev–Trinajstić information content (AvgIpc) is 2.72. The fourth-order valence-electron chi connectivity index (χ4n) is 3.50. The normalized spacial score (nSPS) is 15.3. The summed E-state index contributed by atoms with van der Waals surface area (Å²) in [6, 6.07) is 6.59. The van der Waals surface area contributed by atoms with Crippen LogP contribution in [-0.2, 0) is 12.7 Å². The predicted molar refractivity (Wildman–Crippen MR) is 110 cm³/mol. The molecule has 0 radical (unpaired) electrons. The van der Waals surface area contributed by atoms with E-state index in [-0.39, 0.29) is 0 Å². The molecule has 0 spiro atoms. The van der Waals surface area contributed by atoms with Crippen molar-refractivity contribution >= 4 is 17.4 Å². The van der Waals surface area contributed by atoms with Crippen LogP contribution in [0.15, 0.2) is 30.5 Å². The standard InChI is InChI=1S/C21H25ClF3N3O2/c1-3-30-18-11-14(10-17(22)20(18)29-2)12-26-16-6-8-28(9-7-16)19-5-4-15(13-27-19)21(23,24)25/h4-5,10-11,13,16,26H,3,6-9,12H2,1-2H3. The van der Waals surface area contributed by atoms with Gasteiger partial charge in [0.25, 0.3) is 0 Å². The zero-order chi connectivity index (χ0) is 21.7. The zero-order valence-corrected chi connectivity index (χ0v) is 17.7. The van der Waals surface area contributed by atoms with Crippen LogP contribution in [0.3, 0.4) is 0 Å². The molecule has 0 saturated carbocycles. The molecule has 1 aliphatic rings. The molecule has 1 aromatic carbocycles. The van der Waals surface area contributed by atoms with Gasteiger partial charge in [-0.15, -0.1) is 0 Å². The third-order valence-electron chi connectivity index (χ3n) is 5.06. The summed E-state index contributed by atoms with van der Waals surface area (Å²) in [5.41, 5.74) is 0.267. The van der Waals surface area contributed by atoms with E-state index in [1.807, 2.05) is 24.0 Å². The van der Waals surface area contributed by atoms with Gasteiger partial charge in [-0.25, -0.2) is 4.98 Å². The summed E-state index contributed by atoms with van der Waals surface area (Å²) in [4.78, 5) is 6.00. The van der Waals surface area contributed by atoms with Gasteiger partial charge in [-0.05, 0) is 49.6 Å². The van der Waals surface area contributed by atoms with E-state index in [9.17, 15) is 13.2 Å². The quantitative estimate of drug-likeness (QED) is 0.658. The van der Waals surface area contributed by atoms with Crippen molar-refractivity contribution in [3.8, 4) is 11.5 Å². The number of methoxy groups -OCH3 is 1. The number of ether oxygens (including phenoxy) is 2. The second-order valence-electron chi connectivity index (χ2n) is 7.09. The van der Waals surface area contributed by atoms with Crippen molar-refractivity contribution < 1.29 is 22.6 Å². The summed E-state index contributed by atoms with van der Waals surface area (Å²) in [7, 11) is 1.56. The summed E-state index contributed by atoms with van der Waals surface area (Å²) in [5, 5.41) is 4.03. The maximum absolute atomic E-state index is 12.7. The highest BCUT2D eigenvalue weighted by atomic mass is 35.5. The number of hydrogen-bond acceptors (Lipinski definition) is 5. The Morgan fingerprint density at radius 3 is 2.53 bits per heavy atom. The van der Waals surface area contributed by atoms with Crippen LogP contribution in [0.25, 0.3) is 0 Å². The number of rotatable bonds is 7. The van der Waals surface area contributed by atoms with Gasteiger partial charge in [0.05, 0.1) is 24.3 Å². The number of piperidine rings is 1. The molecule has 2 aromatic rings. The minimum Gasteiger partial charge on any atom is -0.491 e. The number of pyridine rings is 1. The number of alkyl halides is 3. The molecule has 0 bridgehead atoms. The van der Waals surface area contributed by atoms with E-state index in [0.29, 0.717) is 41.5 Å². The molecular formula is C21H25ClF3N3O2. The predicted octanol–water partition coefficient (Wildman–Crippen LogP) is 4.92. The molecule has 2 heterocycles. The van der Waals surface area contributed by atoms with E-state index in [4.69, 9.17) is 21.1 Å². The summed E-state index contributed by atoms with van der Waals surface area (Å²) in [6.07, 6.45) is -1.74. The highest BCUT2D eigenvalue weighted by molar-refractivity contribution is 6.32. The Bertz CT molecular complexity index is 839. The Labute approximate surface area is 179 Å². The first-order chi connectivity index (χ1) is 14.3. The van der Waals surface area contributed by atoms with E-state index < -0.39 is 11.7 Å². The Kier molecular flexibility index (Phi) is 7.31. The maximum Gasteiger partial charge on any atom is 0.417 e. The number of hydrogen-bond donors (Lipinski definition) is 1. The van der Waals surface area contributed by atoms with Crippen LogP contribution in [0, 0.1) is 0 Å². The SMILES string of the molecule is CCOc1cc(CNC2CCN(c3ccc(C(F)(F)F)cn3)CC2)cc(Cl)c1OC. The van der Waals surface area contributed by atoms with Crippen molar-refractivity contribution in [2.75, 3.05) is 31.7 Å². The fraction of sp³-hybridized carbons (Fsp3) is 0.476. The van der Waals surface area contributed by atoms with Crippen LogP contribution in [0.5, 0.6) is 11.5 Å². The molecule has 3 rings (SSSR count). The van der Waals surface area contributed by atoms with Gasteiger partial charge in [0.1, 0.15) is 5.82 Å². The van der Waals surface area contributed by atoms with Gasteiger partial charge in [-0.3, -0.25) is 0 Å². The molecule has 1 N–H and O–H groups in total. The van der Waals surface area contributed by atoms with E-state index in [1.165, 1.54) is 6.07 Å². The van der Waals surface area contributed by atoms with Gasteiger partial charge < -0.3 is 19.7 Å². The number of benzene rings is 1. The smallest absolute Gasteiger partial charge is 0.417 e. The molecule has 164 valence electrons. The van der Waals surface area contributed by atoms with Crippen LogP contribution in [0.1, 0.15) is 30.9 Å². The lowest BCUT2D eigenvalue weighted by atomic mass is 10.0. The van der Waals surface area contributed by atoms with Gasteiger partial charge in [0.2, 0.25) is 0 Å². The Hall–Kier alpha value is -2.19. The Morgan fingerprint density at radius 2 is 1.97 bits per heavy atom. The van der Waals surface area contributed by atoms with Crippen LogP contribution < -0.4 is 19.7 Å². The summed E-state index contributed by atoms with van der Waals surface area (Å²) < 4.78 is 49.0. The lowest BCUT2D eigenvalue weighted by Crippen LogP contribution is -2.42. The molecule has 9 heteroatoms. The van der Waals surface area contributed by atoms with E-state index in [0.717, 1.165) is 43.8 Å². The molecule has 1 fully saturated rings. The van der Waals surface area contributed by atoms with Crippen molar-refractivity contribution in [3.63, 3.8) is 0 Å². The molecule has 0 amide bonds. The molecule has 1 aromatic heterocycles. The van der Waals surface area contributed by atoms with Crippen LogP contribution in [-0.4, -0.2) is 37.8 Å². The van der Waals surface area contributed by atoms with Crippen molar-refractivity contribution in [1.82, 2.24) is 10.3 Å². The number of halogens is 4. The summed E-state index contributed by atoms with van der Waals surface area (Å²) in [6.45, 7) is 4.50. The zero-order valence-electron chi connectivity index (χ0n) is 16.9. The highest BCUT2D eigenvalue weighted by Gasteiger charge is 2.31. The van der Waals surface area contributed by atoms with Gasteiger partial charge in [-0.2, -0.15) is 13.2 Å². The maximum atomic E-state index is 12.7. The molecule has 5 nitrogen and oxygen atoms in total. The average molecular weight is 444 g/mol. The topological polar surface area (TPSA) is 46.6 Å². The third kappa shape index (κ3) is 5.49. The number of nitrogens with one attached hydrogen (secondary N) is 1. The van der Waals surface area contributed by atoms with Crippen LogP contribution >= 0.6 is 11.6 Å². The van der Waals surface area contributed by atoms with Crippen LogP contribution in [0.4, 0.5) is 19.0 Å². The van der Waals surface area contributed by atoms with Gasteiger partial charge >= 0.3 is 6.18 Å². The minimum absolute atomic E-state index is 0.298. The largest absolute Gasteiger partial charge is 0.491 e. The van der Waals surface area contributed by atoms with Crippen molar-refractivity contribution in [1.29, 1.82) is 0 Å². The van der Waals surface area contributed by atoms with Crippen molar-refractivity contribution in [2.45, 2.75) is 38.5 Å². The molecule has 1 saturated heterocycles. The van der Waals surface area contributed by atoms with Crippen molar-refractivity contribution in [3.05, 3.63) is 46.6 Å². The second-order valence-corrected chi connectivity index (χ2v) is 7.49. The van der Waals surface area contributed by atoms with E-state index in [1.54, 1.807) is 7.11 Å². The first-order valence-corrected chi connectivity index (χ1v) is 10.2. The number of nitrogens with zero attached hydrogens (tertiary/aromatic N) is 2. The first-order valence-electron chi connectivity index (χ1n) is 9.82. The van der Waals surface area contributed by atoms with Gasteiger partial charge in [0.15, 0.2) is 11.5 Å². The number of anilines is 1. The molecule has 0 unspecified atom stereocenters. The highest BCUT2D eigenvalue weighted by Crippen LogP contribution is 2.36. The molecular weight excluding hydrogens is 419 g/mol. The van der Waals surface area contributed by atoms with E-state index >= 15 is 0 Å². The summed E-state index contributed by atoms with van der Waals surface area (Å²) in [5.74, 6) is 1.72. The molecule has 0 atom stereocenters. The van der Waals surface area contributed by atoms with Gasteiger partial charge in [-0.1, -0.05) is 11.6 Å². The lowest BCUT2D eigenvalue weighted by Gasteiger charge is -2.33. The molecule has 0 aliphatic carbocycles. The molecule has 30 heavy (non-hydrogen) atoms. The lowest BCUT2D eigenvalue weighted by molar-refractivity contribution is -0.137. The first kappa shape index (κ1) is 22.5. The Balaban J connectivity index is 1.54. The summed E-state index contributed by atoms with van der Waals surface area (Å²) >= 11 is 6.30. The second kappa shape index (κ2) is 9.75. The molecule has 1 aliphatic heterocycles. The van der Waals surface area contributed by atoms with Crippen molar-refractivity contribution in [2.24, 2.45) is 0 Å². The van der Waals surface area contributed by atoms with Gasteiger partial charge in [0, 0.05) is 31.9 Å². The van der Waals surface area contributed by atoms with E-state index in [2.05, 4.69) is 10.3 Å².